The van der Waals surface area contributed by atoms with E-state index < -0.39 is 0 Å². The third-order valence-corrected chi connectivity index (χ3v) is 3.93. The summed E-state index contributed by atoms with van der Waals surface area (Å²) in [5.74, 6) is 0. The number of halogens is 1. The molecule has 1 aromatic heterocycles. The molecule has 1 aliphatic rings. The number of nitrogens with zero attached hydrogens (tertiary/aromatic N) is 2. The highest BCUT2D eigenvalue weighted by Crippen LogP contribution is 2.27. The average molecular weight is 266 g/mol. The monoisotopic (exact) mass is 265 g/mol. The lowest BCUT2D eigenvalue weighted by molar-refractivity contribution is 0.0855. The Labute approximate surface area is 111 Å². The van der Waals surface area contributed by atoms with E-state index in [0.29, 0.717) is 11.2 Å². The van der Waals surface area contributed by atoms with Crippen molar-refractivity contribution < 1.29 is 4.74 Å². The Kier molecular flexibility index (Phi) is 3.14. The summed E-state index contributed by atoms with van der Waals surface area (Å²) < 4.78 is 5.40. The number of hydrogen-bond acceptors (Lipinski definition) is 3. The number of aromatic amines is 1. The summed E-state index contributed by atoms with van der Waals surface area (Å²) in [6, 6.07) is 6.77. The fourth-order valence-electron chi connectivity index (χ4n) is 2.47. The van der Waals surface area contributed by atoms with Gasteiger partial charge in [-0.15, -0.1) is 0 Å². The van der Waals surface area contributed by atoms with Crippen LogP contribution in [0.25, 0.3) is 10.9 Å². The Morgan fingerprint density at radius 2 is 2.17 bits per heavy atom. The molecule has 2 heterocycles. The van der Waals surface area contributed by atoms with Crippen LogP contribution in [0.2, 0.25) is 5.15 Å². The van der Waals surface area contributed by atoms with Crippen LogP contribution in [-0.2, 0) is 4.74 Å². The molecule has 0 spiro atoms. The molecule has 0 saturated carbocycles. The second-order valence-corrected chi connectivity index (χ2v) is 5.06. The van der Waals surface area contributed by atoms with Crippen LogP contribution in [0.5, 0.6) is 0 Å². The summed E-state index contributed by atoms with van der Waals surface area (Å²) in [6.45, 7) is 1.70. The molecule has 2 aromatic rings. The SMILES string of the molecule is CN(c1ccc2[nH]nc(Cl)c2c1)C1CCOCC1. The molecule has 0 bridgehead atoms. The Morgan fingerprint density at radius 3 is 2.94 bits per heavy atom. The maximum absolute atomic E-state index is 6.05. The fraction of sp³-hybridized carbons (Fsp3) is 0.462. The van der Waals surface area contributed by atoms with Crippen molar-refractivity contribution in [3.8, 4) is 0 Å². The van der Waals surface area contributed by atoms with E-state index >= 15 is 0 Å². The standard InChI is InChI=1S/C13H16ClN3O/c1-17(9-4-6-18-7-5-9)10-2-3-12-11(8-10)13(14)16-15-12/h2-3,8-9H,4-7H2,1H3,(H,15,16). The number of anilines is 1. The van der Waals surface area contributed by atoms with E-state index in [2.05, 4.69) is 34.3 Å². The molecule has 18 heavy (non-hydrogen) atoms. The maximum Gasteiger partial charge on any atom is 0.158 e. The largest absolute Gasteiger partial charge is 0.381 e. The van der Waals surface area contributed by atoms with Gasteiger partial charge in [0.15, 0.2) is 5.15 Å². The topological polar surface area (TPSA) is 41.2 Å². The van der Waals surface area contributed by atoms with Crippen LogP contribution < -0.4 is 4.90 Å². The minimum Gasteiger partial charge on any atom is -0.381 e. The Hall–Kier alpha value is -1.26. The molecule has 0 atom stereocenters. The van der Waals surface area contributed by atoms with Gasteiger partial charge in [-0.3, -0.25) is 5.10 Å². The van der Waals surface area contributed by atoms with E-state index in [1.807, 2.05) is 6.07 Å². The molecule has 0 amide bonds. The van der Waals surface area contributed by atoms with Gasteiger partial charge in [-0.25, -0.2) is 0 Å². The first kappa shape index (κ1) is 11.8. The van der Waals surface area contributed by atoms with Gasteiger partial charge in [0.2, 0.25) is 0 Å². The van der Waals surface area contributed by atoms with Crippen molar-refractivity contribution in [3.63, 3.8) is 0 Å². The quantitative estimate of drug-likeness (QED) is 0.908. The molecule has 96 valence electrons. The molecule has 4 nitrogen and oxygen atoms in total. The zero-order chi connectivity index (χ0) is 12.5. The van der Waals surface area contributed by atoms with Gasteiger partial charge < -0.3 is 9.64 Å². The lowest BCUT2D eigenvalue weighted by Gasteiger charge is -2.33. The van der Waals surface area contributed by atoms with Crippen LogP contribution in [0.1, 0.15) is 12.8 Å². The van der Waals surface area contributed by atoms with E-state index in [1.165, 1.54) is 5.69 Å². The molecule has 1 fully saturated rings. The van der Waals surface area contributed by atoms with Crippen molar-refractivity contribution in [1.82, 2.24) is 10.2 Å². The van der Waals surface area contributed by atoms with Crippen LogP contribution >= 0.6 is 11.6 Å². The summed E-state index contributed by atoms with van der Waals surface area (Å²) >= 11 is 6.05. The molecule has 3 rings (SSSR count). The van der Waals surface area contributed by atoms with E-state index in [-0.39, 0.29) is 0 Å². The second kappa shape index (κ2) is 4.78. The van der Waals surface area contributed by atoms with Gasteiger partial charge in [0.1, 0.15) is 0 Å². The van der Waals surface area contributed by atoms with Crippen molar-refractivity contribution in [2.75, 3.05) is 25.2 Å². The zero-order valence-electron chi connectivity index (χ0n) is 10.3. The number of fused-ring (bicyclic) bond motifs is 1. The van der Waals surface area contributed by atoms with Crippen LogP contribution in [0.3, 0.4) is 0 Å². The highest BCUT2D eigenvalue weighted by atomic mass is 35.5. The number of nitrogens with one attached hydrogen (secondary N) is 1. The number of H-pyrrole nitrogens is 1. The number of hydrogen-bond donors (Lipinski definition) is 1. The highest BCUT2D eigenvalue weighted by Gasteiger charge is 2.19. The first-order valence-corrected chi connectivity index (χ1v) is 6.58. The first-order valence-electron chi connectivity index (χ1n) is 6.20. The number of benzene rings is 1. The smallest absolute Gasteiger partial charge is 0.158 e. The lowest BCUT2D eigenvalue weighted by atomic mass is 10.1. The normalized spacial score (nSPS) is 17.2. The van der Waals surface area contributed by atoms with Gasteiger partial charge in [0.05, 0.1) is 5.52 Å². The molecule has 1 saturated heterocycles. The molecular weight excluding hydrogens is 250 g/mol. The molecule has 1 aliphatic heterocycles. The van der Waals surface area contributed by atoms with E-state index in [1.54, 1.807) is 0 Å². The molecule has 0 unspecified atom stereocenters. The van der Waals surface area contributed by atoms with Crippen molar-refractivity contribution in [3.05, 3.63) is 23.4 Å². The molecule has 0 radical (unpaired) electrons. The number of aromatic nitrogens is 2. The van der Waals surface area contributed by atoms with Gasteiger partial charge in [0, 0.05) is 37.4 Å². The molecule has 0 aliphatic carbocycles. The maximum atomic E-state index is 6.05. The van der Waals surface area contributed by atoms with Crippen molar-refractivity contribution in [1.29, 1.82) is 0 Å². The fourth-order valence-corrected chi connectivity index (χ4v) is 2.67. The van der Waals surface area contributed by atoms with Crippen molar-refractivity contribution in [2.24, 2.45) is 0 Å². The van der Waals surface area contributed by atoms with E-state index in [9.17, 15) is 0 Å². The van der Waals surface area contributed by atoms with Gasteiger partial charge in [-0.05, 0) is 31.0 Å². The highest BCUT2D eigenvalue weighted by molar-refractivity contribution is 6.34. The summed E-state index contributed by atoms with van der Waals surface area (Å²) in [7, 11) is 2.13. The van der Waals surface area contributed by atoms with E-state index in [4.69, 9.17) is 16.3 Å². The van der Waals surface area contributed by atoms with Crippen LogP contribution in [0, 0.1) is 0 Å². The minimum atomic E-state index is 0.534. The van der Waals surface area contributed by atoms with Crippen LogP contribution in [-0.4, -0.2) is 36.5 Å². The number of ether oxygens (including phenoxy) is 1. The molecule has 5 heteroatoms. The Bertz CT molecular complexity index is 548. The van der Waals surface area contributed by atoms with Gasteiger partial charge in [-0.1, -0.05) is 11.6 Å². The van der Waals surface area contributed by atoms with Crippen LogP contribution in [0.15, 0.2) is 18.2 Å². The summed E-state index contributed by atoms with van der Waals surface area (Å²) in [4.78, 5) is 2.31. The van der Waals surface area contributed by atoms with Crippen molar-refractivity contribution in [2.45, 2.75) is 18.9 Å². The molecule has 1 N–H and O–H groups in total. The third-order valence-electron chi connectivity index (χ3n) is 3.65. The van der Waals surface area contributed by atoms with Crippen molar-refractivity contribution >= 4 is 28.2 Å². The summed E-state index contributed by atoms with van der Waals surface area (Å²) in [6.07, 6.45) is 2.15. The van der Waals surface area contributed by atoms with Gasteiger partial charge in [0.25, 0.3) is 0 Å². The predicted molar refractivity (Wildman–Crippen MR) is 73.3 cm³/mol. The first-order chi connectivity index (χ1) is 8.75. The lowest BCUT2D eigenvalue weighted by Crippen LogP contribution is -2.36. The zero-order valence-corrected chi connectivity index (χ0v) is 11.1. The van der Waals surface area contributed by atoms with Crippen LogP contribution in [0.4, 0.5) is 5.69 Å². The Morgan fingerprint density at radius 1 is 1.39 bits per heavy atom. The molecular formula is C13H16ClN3O. The van der Waals surface area contributed by atoms with E-state index in [0.717, 1.165) is 37.0 Å². The third kappa shape index (κ3) is 2.06. The Balaban J connectivity index is 1.90. The minimum absolute atomic E-state index is 0.534. The summed E-state index contributed by atoms with van der Waals surface area (Å²) in [5, 5.41) is 8.44. The molecule has 1 aromatic carbocycles. The second-order valence-electron chi connectivity index (χ2n) is 4.70. The average Bonchev–Trinajstić information content (AvgIpc) is 2.80. The summed E-state index contributed by atoms with van der Waals surface area (Å²) in [5.41, 5.74) is 2.15. The van der Waals surface area contributed by atoms with Gasteiger partial charge in [-0.2, -0.15) is 5.10 Å². The predicted octanol–water partition coefficient (Wildman–Crippen LogP) is 2.83. The number of rotatable bonds is 2. The van der Waals surface area contributed by atoms with Gasteiger partial charge >= 0.3 is 0 Å².